The molecule has 0 atom stereocenters. The molecule has 4 nitrogen and oxygen atoms in total. The lowest BCUT2D eigenvalue weighted by Gasteiger charge is -2.22. The van der Waals surface area contributed by atoms with Gasteiger partial charge in [0, 0.05) is 38.2 Å². The molecule has 3 aromatic heterocycles. The van der Waals surface area contributed by atoms with Crippen molar-refractivity contribution in [1.29, 1.82) is 5.26 Å². The Labute approximate surface area is 421 Å². The van der Waals surface area contributed by atoms with Crippen molar-refractivity contribution in [2.45, 2.75) is 26.2 Å². The Morgan fingerprint density at radius 1 is 0.378 bits per heavy atom. The number of hydrogen-bond donors (Lipinski definition) is 0. The number of para-hydroxylation sites is 2. The molecule has 3 heterocycles. The number of hydrogen-bond acceptors (Lipinski definition) is 2. The zero-order valence-corrected chi connectivity index (χ0v) is 39.7. The summed E-state index contributed by atoms with van der Waals surface area (Å²) in [6, 6.07) is 65.4. The maximum Gasteiger partial charge on any atom is 0.416 e. The Bertz CT molecular complexity index is 3990. The van der Waals surface area contributed by atoms with Crippen molar-refractivity contribution >= 4 is 43.6 Å². The summed E-state index contributed by atoms with van der Waals surface area (Å²) in [6.07, 6.45) is -9.07. The second-order valence-electron chi connectivity index (χ2n) is 18.7. The van der Waals surface area contributed by atoms with E-state index in [1.807, 2.05) is 158 Å². The topological polar surface area (TPSA) is 46.5 Å². The lowest BCUT2D eigenvalue weighted by atomic mass is 9.95. The quantitative estimate of drug-likeness (QED) is 0.149. The van der Waals surface area contributed by atoms with E-state index >= 15 is 0 Å². The molecule has 0 saturated carbocycles. The van der Waals surface area contributed by atoms with Crippen LogP contribution in [0.15, 0.2) is 206 Å². The van der Waals surface area contributed by atoms with Crippen molar-refractivity contribution in [3.8, 4) is 73.3 Å². The Morgan fingerprint density at radius 3 is 1.20 bits per heavy atom. The molecule has 0 radical (unpaired) electrons. The summed E-state index contributed by atoms with van der Waals surface area (Å²) in [6.45, 7) is 3.31. The molecule has 0 bridgehead atoms. The lowest BCUT2D eigenvalue weighted by Crippen LogP contribution is -2.06. The molecule has 0 aliphatic rings. The zero-order valence-electron chi connectivity index (χ0n) is 39.7. The number of aryl methyl sites for hydroxylation is 2. The van der Waals surface area contributed by atoms with Gasteiger partial charge in [-0.25, -0.2) is 4.98 Å². The van der Waals surface area contributed by atoms with Crippen LogP contribution >= 0.6 is 0 Å². The SMILES string of the molecule is Cc1cc(-c2ccc3c(c2)c2ccccc2n3-c2cc(C#N)cc(-n3c4ccccc4c4cc(-c5cc(C)cc(C(F)(F)F)c5)ccc43)c2-c2cc(-c3ccccc3)nc(-c3ccccc3)c2)cc(C(F)(F)F)c1. The van der Waals surface area contributed by atoms with E-state index in [1.54, 1.807) is 26.0 Å². The third-order valence-corrected chi connectivity index (χ3v) is 13.8. The van der Waals surface area contributed by atoms with Crippen LogP contribution in [0.1, 0.15) is 27.8 Å². The van der Waals surface area contributed by atoms with E-state index in [4.69, 9.17) is 4.98 Å². The van der Waals surface area contributed by atoms with E-state index in [0.717, 1.165) is 78.0 Å². The van der Waals surface area contributed by atoms with Gasteiger partial charge in [0.15, 0.2) is 0 Å². The van der Waals surface area contributed by atoms with Crippen molar-refractivity contribution in [1.82, 2.24) is 14.1 Å². The molecule has 9 aromatic carbocycles. The summed E-state index contributed by atoms with van der Waals surface area (Å²) in [4.78, 5) is 5.24. The van der Waals surface area contributed by atoms with Crippen LogP contribution in [0, 0.1) is 25.2 Å². The number of fused-ring (bicyclic) bond motifs is 6. The first kappa shape index (κ1) is 45.9. The molecular formula is C64H40F6N4. The first-order chi connectivity index (χ1) is 35.7. The standard InChI is InChI=1S/C64H40F6N4/c1-38-25-45(31-48(27-38)63(65,66)67)43-21-23-58-52(33-43)50-17-9-11-19-56(50)73(58)60-29-40(37-71)30-61(62(60)47-35-54(41-13-5-3-6-14-41)72-55(36-47)42-15-7-4-8-16-42)74-57-20-12-10-18-51(57)53-34-44(22-24-59(53)74)46-26-39(2)28-49(32-46)64(68,69)70/h3-36H,1-2H3. The molecule has 10 heteroatoms. The van der Waals surface area contributed by atoms with E-state index in [-0.39, 0.29) is 0 Å². The third-order valence-electron chi connectivity index (χ3n) is 13.8. The van der Waals surface area contributed by atoms with Crippen molar-refractivity contribution in [3.05, 3.63) is 234 Å². The zero-order chi connectivity index (χ0) is 51.0. The highest BCUT2D eigenvalue weighted by Gasteiger charge is 2.33. The lowest BCUT2D eigenvalue weighted by molar-refractivity contribution is -0.138. The summed E-state index contributed by atoms with van der Waals surface area (Å²) >= 11 is 0. The summed E-state index contributed by atoms with van der Waals surface area (Å²) in [5, 5.41) is 14.4. The van der Waals surface area contributed by atoms with Crippen molar-refractivity contribution in [2.75, 3.05) is 0 Å². The van der Waals surface area contributed by atoms with Gasteiger partial charge in [-0.15, -0.1) is 0 Å². The molecule has 0 aliphatic heterocycles. The molecule has 0 aliphatic carbocycles. The number of alkyl halides is 6. The van der Waals surface area contributed by atoms with Gasteiger partial charge in [0.2, 0.25) is 0 Å². The molecule has 0 fully saturated rings. The van der Waals surface area contributed by atoms with Crippen LogP contribution < -0.4 is 0 Å². The van der Waals surface area contributed by atoms with Gasteiger partial charge in [-0.2, -0.15) is 31.6 Å². The van der Waals surface area contributed by atoms with Crippen LogP contribution in [0.5, 0.6) is 0 Å². The number of halogens is 6. The van der Waals surface area contributed by atoms with Crippen molar-refractivity contribution in [2.24, 2.45) is 0 Å². The van der Waals surface area contributed by atoms with E-state index < -0.39 is 23.5 Å². The Balaban J connectivity index is 1.20. The molecule has 0 N–H and O–H groups in total. The highest BCUT2D eigenvalue weighted by molar-refractivity contribution is 6.13. The van der Waals surface area contributed by atoms with Gasteiger partial charge in [-0.1, -0.05) is 121 Å². The van der Waals surface area contributed by atoms with E-state index in [9.17, 15) is 31.6 Å². The predicted octanol–water partition coefficient (Wildman–Crippen LogP) is 18.1. The van der Waals surface area contributed by atoms with Crippen LogP contribution in [0.25, 0.3) is 111 Å². The second kappa shape index (κ2) is 17.5. The van der Waals surface area contributed by atoms with Crippen LogP contribution in [0.3, 0.4) is 0 Å². The fourth-order valence-electron chi connectivity index (χ4n) is 10.6. The second-order valence-corrected chi connectivity index (χ2v) is 18.7. The molecule has 12 rings (SSSR count). The van der Waals surface area contributed by atoms with Gasteiger partial charge in [-0.05, 0) is 138 Å². The highest BCUT2D eigenvalue weighted by Crippen LogP contribution is 2.46. The molecule has 0 saturated heterocycles. The van der Waals surface area contributed by atoms with Gasteiger partial charge < -0.3 is 9.13 Å². The summed E-state index contributed by atoms with van der Waals surface area (Å²) in [5.74, 6) is 0. The number of rotatable bonds is 7. The maximum atomic E-state index is 14.2. The molecule has 74 heavy (non-hydrogen) atoms. The fraction of sp³-hybridized carbons (Fsp3) is 0.0625. The minimum Gasteiger partial charge on any atom is -0.308 e. The van der Waals surface area contributed by atoms with E-state index in [0.29, 0.717) is 61.7 Å². The normalized spacial score (nSPS) is 12.0. The maximum absolute atomic E-state index is 14.2. The molecule has 358 valence electrons. The number of pyridine rings is 1. The van der Waals surface area contributed by atoms with Crippen LogP contribution in [0.4, 0.5) is 26.3 Å². The molecular weight excluding hydrogens is 939 g/mol. The molecule has 0 unspecified atom stereocenters. The first-order valence-corrected chi connectivity index (χ1v) is 23.9. The smallest absolute Gasteiger partial charge is 0.308 e. The molecule has 0 amide bonds. The highest BCUT2D eigenvalue weighted by atomic mass is 19.4. The molecule has 0 spiro atoms. The van der Waals surface area contributed by atoms with E-state index in [2.05, 4.69) is 27.3 Å². The summed E-state index contributed by atoms with van der Waals surface area (Å²) < 4.78 is 89.4. The Kier molecular flexibility index (Phi) is 10.9. The minimum absolute atomic E-state index is 0.350. The van der Waals surface area contributed by atoms with Crippen molar-refractivity contribution < 1.29 is 26.3 Å². The van der Waals surface area contributed by atoms with Gasteiger partial charge in [-0.3, -0.25) is 0 Å². The fourth-order valence-corrected chi connectivity index (χ4v) is 10.6. The van der Waals surface area contributed by atoms with Gasteiger partial charge in [0.1, 0.15) is 0 Å². The number of nitrogens with zero attached hydrogens (tertiary/aromatic N) is 4. The minimum atomic E-state index is -4.53. The van der Waals surface area contributed by atoms with Gasteiger partial charge >= 0.3 is 12.4 Å². The first-order valence-electron chi connectivity index (χ1n) is 23.9. The predicted molar refractivity (Wildman–Crippen MR) is 284 cm³/mol. The van der Waals surface area contributed by atoms with Crippen molar-refractivity contribution in [3.63, 3.8) is 0 Å². The monoisotopic (exact) mass is 978 g/mol. The molecule has 12 aromatic rings. The summed E-state index contributed by atoms with van der Waals surface area (Å²) in [5.41, 5.74) is 11.0. The Hall–Kier alpha value is -9.20. The number of nitriles is 1. The third kappa shape index (κ3) is 8.03. The van der Waals surface area contributed by atoms with Crippen LogP contribution in [-0.2, 0) is 12.4 Å². The number of aromatic nitrogens is 3. The van der Waals surface area contributed by atoms with Gasteiger partial charge in [0.05, 0.1) is 67.6 Å². The largest absolute Gasteiger partial charge is 0.416 e. The average molecular weight is 979 g/mol. The van der Waals surface area contributed by atoms with Gasteiger partial charge in [0.25, 0.3) is 0 Å². The Morgan fingerprint density at radius 2 is 0.784 bits per heavy atom. The van der Waals surface area contributed by atoms with Crippen LogP contribution in [-0.4, -0.2) is 14.1 Å². The average Bonchev–Trinajstić information content (AvgIpc) is 3.92. The van der Waals surface area contributed by atoms with E-state index in [1.165, 1.54) is 12.1 Å². The number of benzene rings is 9. The summed E-state index contributed by atoms with van der Waals surface area (Å²) in [7, 11) is 0. The van der Waals surface area contributed by atoms with Crippen LogP contribution in [0.2, 0.25) is 0 Å².